The SMILES string of the molecule is CCN(CC(=O)OC)C(=O)c1ccc(OC)cc1. The van der Waals surface area contributed by atoms with E-state index in [0.29, 0.717) is 17.9 Å². The molecule has 0 atom stereocenters. The van der Waals surface area contributed by atoms with E-state index in [1.807, 2.05) is 6.92 Å². The highest BCUT2D eigenvalue weighted by Gasteiger charge is 2.17. The van der Waals surface area contributed by atoms with Gasteiger partial charge in [-0.3, -0.25) is 9.59 Å². The Morgan fingerprint density at radius 2 is 1.78 bits per heavy atom. The maximum absolute atomic E-state index is 12.1. The molecule has 0 unspecified atom stereocenters. The molecule has 0 radical (unpaired) electrons. The normalized spacial score (nSPS) is 9.72. The molecular formula is C13H17NO4. The largest absolute Gasteiger partial charge is 0.497 e. The number of benzene rings is 1. The van der Waals surface area contributed by atoms with Gasteiger partial charge in [-0.2, -0.15) is 0 Å². The van der Waals surface area contributed by atoms with Crippen LogP contribution >= 0.6 is 0 Å². The van der Waals surface area contributed by atoms with Crippen LogP contribution in [0.25, 0.3) is 0 Å². The highest BCUT2D eigenvalue weighted by Crippen LogP contribution is 2.13. The summed E-state index contributed by atoms with van der Waals surface area (Å²) < 4.78 is 9.57. The van der Waals surface area contributed by atoms with E-state index in [2.05, 4.69) is 4.74 Å². The van der Waals surface area contributed by atoms with Gasteiger partial charge >= 0.3 is 5.97 Å². The number of hydrogen-bond donors (Lipinski definition) is 0. The van der Waals surface area contributed by atoms with Crippen molar-refractivity contribution in [1.29, 1.82) is 0 Å². The molecule has 0 fully saturated rings. The van der Waals surface area contributed by atoms with Crippen molar-refractivity contribution in [3.05, 3.63) is 29.8 Å². The molecule has 0 spiro atoms. The Kier molecular flexibility index (Phi) is 5.17. The first kappa shape index (κ1) is 14.0. The smallest absolute Gasteiger partial charge is 0.325 e. The summed E-state index contributed by atoms with van der Waals surface area (Å²) >= 11 is 0. The first-order valence-electron chi connectivity index (χ1n) is 5.62. The minimum Gasteiger partial charge on any atom is -0.497 e. The van der Waals surface area contributed by atoms with Gasteiger partial charge < -0.3 is 14.4 Å². The van der Waals surface area contributed by atoms with Crippen molar-refractivity contribution < 1.29 is 19.1 Å². The van der Waals surface area contributed by atoms with Gasteiger partial charge in [0.2, 0.25) is 0 Å². The summed E-state index contributed by atoms with van der Waals surface area (Å²) in [6.07, 6.45) is 0. The zero-order chi connectivity index (χ0) is 13.5. The van der Waals surface area contributed by atoms with Gasteiger partial charge in [0, 0.05) is 12.1 Å². The van der Waals surface area contributed by atoms with Crippen molar-refractivity contribution in [3.63, 3.8) is 0 Å². The molecule has 1 rings (SSSR count). The lowest BCUT2D eigenvalue weighted by Gasteiger charge is -2.19. The monoisotopic (exact) mass is 251 g/mol. The molecule has 0 aliphatic heterocycles. The van der Waals surface area contributed by atoms with Crippen molar-refractivity contribution in [3.8, 4) is 5.75 Å². The Bertz CT molecular complexity index is 414. The van der Waals surface area contributed by atoms with Gasteiger partial charge in [-0.05, 0) is 31.2 Å². The highest BCUT2D eigenvalue weighted by molar-refractivity contribution is 5.96. The lowest BCUT2D eigenvalue weighted by Crippen LogP contribution is -2.35. The van der Waals surface area contributed by atoms with Crippen molar-refractivity contribution in [1.82, 2.24) is 4.90 Å². The Balaban J connectivity index is 2.79. The van der Waals surface area contributed by atoms with Crippen LogP contribution in [0.1, 0.15) is 17.3 Å². The summed E-state index contributed by atoms with van der Waals surface area (Å²) in [7, 11) is 2.86. The number of carbonyl (C=O) groups excluding carboxylic acids is 2. The number of likely N-dealkylation sites (N-methyl/N-ethyl adjacent to an activating group) is 1. The Morgan fingerprint density at radius 1 is 1.17 bits per heavy atom. The van der Waals surface area contributed by atoms with Gasteiger partial charge in [0.25, 0.3) is 5.91 Å². The summed E-state index contributed by atoms with van der Waals surface area (Å²) in [4.78, 5) is 24.7. The van der Waals surface area contributed by atoms with Crippen LogP contribution in [0.4, 0.5) is 0 Å². The quantitative estimate of drug-likeness (QED) is 0.741. The topological polar surface area (TPSA) is 55.8 Å². The van der Waals surface area contributed by atoms with E-state index < -0.39 is 5.97 Å². The van der Waals surface area contributed by atoms with E-state index in [0.717, 1.165) is 0 Å². The average molecular weight is 251 g/mol. The maximum Gasteiger partial charge on any atom is 0.325 e. The Morgan fingerprint density at radius 3 is 2.22 bits per heavy atom. The predicted octanol–water partition coefficient (Wildman–Crippen LogP) is 1.33. The number of amides is 1. The number of rotatable bonds is 5. The van der Waals surface area contributed by atoms with Crippen LogP contribution in [0.3, 0.4) is 0 Å². The van der Waals surface area contributed by atoms with Crippen LogP contribution in [-0.4, -0.2) is 44.1 Å². The van der Waals surface area contributed by atoms with Gasteiger partial charge in [0.1, 0.15) is 12.3 Å². The van der Waals surface area contributed by atoms with E-state index in [9.17, 15) is 9.59 Å². The van der Waals surface area contributed by atoms with Crippen molar-refractivity contribution in [2.24, 2.45) is 0 Å². The van der Waals surface area contributed by atoms with Gasteiger partial charge in [-0.15, -0.1) is 0 Å². The molecule has 0 bridgehead atoms. The third-order valence-corrected chi connectivity index (χ3v) is 2.55. The highest BCUT2D eigenvalue weighted by atomic mass is 16.5. The standard InChI is InChI=1S/C13H17NO4/c1-4-14(9-12(15)18-3)13(16)10-5-7-11(17-2)8-6-10/h5-8H,4,9H2,1-3H3. The second-order valence-corrected chi connectivity index (χ2v) is 3.62. The number of hydrogen-bond acceptors (Lipinski definition) is 4. The molecule has 0 aromatic heterocycles. The van der Waals surface area contributed by atoms with E-state index >= 15 is 0 Å². The second-order valence-electron chi connectivity index (χ2n) is 3.62. The molecule has 98 valence electrons. The molecule has 0 N–H and O–H groups in total. The van der Waals surface area contributed by atoms with E-state index in [-0.39, 0.29) is 12.5 Å². The Labute approximate surface area is 106 Å². The second kappa shape index (κ2) is 6.64. The summed E-state index contributed by atoms with van der Waals surface area (Å²) in [5, 5.41) is 0. The van der Waals surface area contributed by atoms with Gasteiger partial charge in [0.15, 0.2) is 0 Å². The summed E-state index contributed by atoms with van der Waals surface area (Å²) in [6, 6.07) is 6.75. The number of nitrogens with zero attached hydrogens (tertiary/aromatic N) is 1. The van der Waals surface area contributed by atoms with E-state index in [4.69, 9.17) is 4.74 Å². The molecular weight excluding hydrogens is 234 g/mol. The van der Waals surface area contributed by atoms with Crippen LogP contribution < -0.4 is 4.74 Å². The summed E-state index contributed by atoms with van der Waals surface area (Å²) in [5.74, 6) is 0.0480. The van der Waals surface area contributed by atoms with E-state index in [1.165, 1.54) is 12.0 Å². The minimum absolute atomic E-state index is 0.0438. The van der Waals surface area contributed by atoms with Crippen LogP contribution in [0.15, 0.2) is 24.3 Å². The van der Waals surface area contributed by atoms with Gasteiger partial charge in [-0.25, -0.2) is 0 Å². The van der Waals surface area contributed by atoms with Crippen LogP contribution in [0.5, 0.6) is 5.75 Å². The zero-order valence-corrected chi connectivity index (χ0v) is 10.8. The first-order valence-corrected chi connectivity index (χ1v) is 5.62. The molecule has 0 saturated heterocycles. The van der Waals surface area contributed by atoms with Crippen molar-refractivity contribution in [2.75, 3.05) is 27.3 Å². The molecule has 1 aromatic carbocycles. The van der Waals surface area contributed by atoms with Crippen molar-refractivity contribution >= 4 is 11.9 Å². The fourth-order valence-electron chi connectivity index (χ4n) is 1.46. The molecule has 1 amide bonds. The molecule has 5 nitrogen and oxygen atoms in total. The molecule has 0 aliphatic carbocycles. The third kappa shape index (κ3) is 3.48. The van der Waals surface area contributed by atoms with Crippen LogP contribution in [0.2, 0.25) is 0 Å². The first-order chi connectivity index (χ1) is 8.62. The van der Waals surface area contributed by atoms with Crippen LogP contribution in [0, 0.1) is 0 Å². The molecule has 5 heteroatoms. The van der Waals surface area contributed by atoms with E-state index in [1.54, 1.807) is 31.4 Å². The molecule has 0 saturated carbocycles. The maximum atomic E-state index is 12.1. The number of ether oxygens (including phenoxy) is 2. The molecule has 18 heavy (non-hydrogen) atoms. The number of methoxy groups -OCH3 is 2. The van der Waals surface area contributed by atoms with Crippen molar-refractivity contribution in [2.45, 2.75) is 6.92 Å². The average Bonchev–Trinajstić information content (AvgIpc) is 2.43. The molecule has 0 aliphatic rings. The van der Waals surface area contributed by atoms with Gasteiger partial charge in [-0.1, -0.05) is 0 Å². The number of esters is 1. The Hall–Kier alpha value is -2.04. The fraction of sp³-hybridized carbons (Fsp3) is 0.385. The predicted molar refractivity (Wildman–Crippen MR) is 66.6 cm³/mol. The fourth-order valence-corrected chi connectivity index (χ4v) is 1.46. The molecule has 0 heterocycles. The minimum atomic E-state index is -0.432. The van der Waals surface area contributed by atoms with Gasteiger partial charge in [0.05, 0.1) is 14.2 Å². The number of carbonyl (C=O) groups is 2. The summed E-state index contributed by atoms with van der Waals surface area (Å²) in [5.41, 5.74) is 0.515. The lowest BCUT2D eigenvalue weighted by atomic mass is 10.2. The molecule has 1 aromatic rings. The van der Waals surface area contributed by atoms with Crippen LogP contribution in [-0.2, 0) is 9.53 Å². The third-order valence-electron chi connectivity index (χ3n) is 2.55. The zero-order valence-electron chi connectivity index (χ0n) is 10.8. The summed E-state index contributed by atoms with van der Waals surface area (Å²) in [6.45, 7) is 2.21. The lowest BCUT2D eigenvalue weighted by molar-refractivity contribution is -0.141.